The summed E-state index contributed by atoms with van der Waals surface area (Å²) in [7, 11) is -3.67. The maximum absolute atomic E-state index is 9.19. The molecule has 0 aromatic heterocycles. The summed E-state index contributed by atoms with van der Waals surface area (Å²) in [5, 5.41) is 0. The van der Waals surface area contributed by atoms with Crippen LogP contribution >= 0.6 is 0 Å². The smallest absolute Gasteiger partial charge is 0.261 e. The Bertz CT molecular complexity index is 562. The minimum Gasteiger partial charge on any atom is -0.399 e. The highest BCUT2D eigenvalue weighted by Gasteiger charge is 1.85. The number of rotatable bonds is 0. The molecule has 5 nitrogen and oxygen atoms in total. The molecule has 0 atom stereocenters. The largest absolute Gasteiger partial charge is 0.399 e. The molecule has 0 fully saturated rings. The van der Waals surface area contributed by atoms with Crippen LogP contribution in [0.2, 0.25) is 0 Å². The fourth-order valence-corrected chi connectivity index (χ4v) is 1.17. The normalized spacial score (nSPS) is 9.71. The van der Waals surface area contributed by atoms with Crippen LogP contribution in [0.15, 0.2) is 48.5 Å². The highest BCUT2D eigenvalue weighted by Crippen LogP contribution is 2.07. The topological polar surface area (TPSA) is 106 Å². The number of nitrogens with two attached hydrogens (primary N) is 2. The number of anilines is 2. The van der Waals surface area contributed by atoms with Crippen LogP contribution in [0.3, 0.4) is 0 Å². The first-order chi connectivity index (χ1) is 9.61. The summed E-state index contributed by atoms with van der Waals surface area (Å²) in [6.07, 6.45) is 0.715. The molecule has 21 heavy (non-hydrogen) atoms. The van der Waals surface area contributed by atoms with Crippen molar-refractivity contribution in [3.63, 3.8) is 0 Å². The van der Waals surface area contributed by atoms with E-state index in [-0.39, 0.29) is 0 Å². The van der Waals surface area contributed by atoms with Crippen molar-refractivity contribution in [3.8, 4) is 0 Å². The molecule has 2 aromatic carbocycles. The van der Waals surface area contributed by atoms with E-state index >= 15 is 0 Å². The lowest BCUT2D eigenvalue weighted by Gasteiger charge is -1.93. The van der Waals surface area contributed by atoms with Gasteiger partial charge in [-0.05, 0) is 37.1 Å². The monoisotopic (exact) mass is 310 g/mol. The van der Waals surface area contributed by atoms with Crippen LogP contribution in [0.25, 0.3) is 0 Å². The van der Waals surface area contributed by atoms with Gasteiger partial charge in [0, 0.05) is 11.4 Å². The lowest BCUT2D eigenvalue weighted by molar-refractivity contribution is 0.490. The van der Waals surface area contributed by atoms with Crippen LogP contribution in [-0.4, -0.2) is 19.2 Å². The Hall–Kier alpha value is -2.05. The molecular weight excluding hydrogens is 288 g/mol. The van der Waals surface area contributed by atoms with Crippen LogP contribution in [0, 0.1) is 13.8 Å². The van der Waals surface area contributed by atoms with Crippen LogP contribution in [-0.2, 0) is 10.1 Å². The van der Waals surface area contributed by atoms with Gasteiger partial charge < -0.3 is 11.5 Å². The third-order valence-electron chi connectivity index (χ3n) is 2.38. The van der Waals surface area contributed by atoms with Crippen molar-refractivity contribution in [1.82, 2.24) is 0 Å². The average molecular weight is 310 g/mol. The number of aryl methyl sites for hydroxylation is 2. The van der Waals surface area contributed by atoms with E-state index in [9.17, 15) is 8.42 Å². The van der Waals surface area contributed by atoms with Crippen LogP contribution < -0.4 is 11.5 Å². The lowest BCUT2D eigenvalue weighted by Crippen LogP contribution is -1.88. The number of benzene rings is 2. The second-order valence-corrected chi connectivity index (χ2v) is 5.91. The van der Waals surface area contributed by atoms with E-state index in [1.165, 1.54) is 0 Å². The highest BCUT2D eigenvalue weighted by atomic mass is 32.2. The van der Waals surface area contributed by atoms with Gasteiger partial charge in [0.15, 0.2) is 0 Å². The summed E-state index contributed by atoms with van der Waals surface area (Å²) in [6, 6.07) is 15.6. The molecule has 116 valence electrons. The summed E-state index contributed by atoms with van der Waals surface area (Å²) in [4.78, 5) is 0. The van der Waals surface area contributed by atoms with E-state index < -0.39 is 10.1 Å². The molecule has 0 unspecified atom stereocenters. The maximum atomic E-state index is 9.19. The quantitative estimate of drug-likeness (QED) is 0.512. The van der Waals surface area contributed by atoms with Crippen molar-refractivity contribution in [3.05, 3.63) is 59.7 Å². The number of para-hydroxylation sites is 2. The first kappa shape index (κ1) is 18.9. The zero-order valence-corrected chi connectivity index (χ0v) is 13.3. The van der Waals surface area contributed by atoms with Crippen LogP contribution in [0.4, 0.5) is 11.4 Å². The molecule has 2 rings (SSSR count). The Morgan fingerprint density at radius 2 is 1.05 bits per heavy atom. The molecule has 0 heterocycles. The molecular formula is C15H22N2O3S. The van der Waals surface area contributed by atoms with E-state index in [2.05, 4.69) is 0 Å². The van der Waals surface area contributed by atoms with Crippen molar-refractivity contribution >= 4 is 21.5 Å². The van der Waals surface area contributed by atoms with E-state index in [4.69, 9.17) is 16.0 Å². The Morgan fingerprint density at radius 3 is 1.19 bits per heavy atom. The Labute approximate surface area is 126 Å². The zero-order chi connectivity index (χ0) is 16.5. The highest BCUT2D eigenvalue weighted by molar-refractivity contribution is 7.85. The Kier molecular flexibility index (Phi) is 8.11. The molecule has 0 aliphatic heterocycles. The molecule has 0 saturated heterocycles. The lowest BCUT2D eigenvalue weighted by atomic mass is 10.2. The third kappa shape index (κ3) is 11.5. The standard InChI is InChI=1S/2C7H9N.CH4O3S/c2*1-6-4-2-3-5-7(6)8;1-5(2,3)4/h2*2-5H,8H2,1H3;1H3,(H,2,3,4). The molecule has 0 saturated carbocycles. The predicted molar refractivity (Wildman–Crippen MR) is 88.7 cm³/mol. The van der Waals surface area contributed by atoms with Gasteiger partial charge in [0.1, 0.15) is 0 Å². The van der Waals surface area contributed by atoms with Gasteiger partial charge in [-0.3, -0.25) is 4.55 Å². The fraction of sp³-hybridized carbons (Fsp3) is 0.200. The minimum atomic E-state index is -3.67. The molecule has 6 heteroatoms. The van der Waals surface area contributed by atoms with E-state index in [0.29, 0.717) is 6.26 Å². The zero-order valence-electron chi connectivity index (χ0n) is 12.4. The Balaban J connectivity index is 0.000000296. The summed E-state index contributed by atoms with van der Waals surface area (Å²) in [6.45, 7) is 3.99. The van der Waals surface area contributed by atoms with Crippen molar-refractivity contribution in [1.29, 1.82) is 0 Å². The van der Waals surface area contributed by atoms with E-state index in [1.807, 2.05) is 62.4 Å². The fourth-order valence-electron chi connectivity index (χ4n) is 1.17. The molecule has 0 spiro atoms. The first-order valence-corrected chi connectivity index (χ1v) is 8.00. The summed E-state index contributed by atoms with van der Waals surface area (Å²) in [5.74, 6) is 0. The van der Waals surface area contributed by atoms with Gasteiger partial charge >= 0.3 is 0 Å². The number of hydrogen-bond acceptors (Lipinski definition) is 4. The van der Waals surface area contributed by atoms with E-state index in [0.717, 1.165) is 22.5 Å². The Morgan fingerprint density at radius 1 is 0.810 bits per heavy atom. The van der Waals surface area contributed by atoms with Gasteiger partial charge in [0.05, 0.1) is 6.26 Å². The van der Waals surface area contributed by atoms with Crippen molar-refractivity contribution in [2.75, 3.05) is 17.7 Å². The second-order valence-electron chi connectivity index (χ2n) is 4.45. The molecule has 0 radical (unpaired) electrons. The first-order valence-electron chi connectivity index (χ1n) is 6.16. The van der Waals surface area contributed by atoms with Gasteiger partial charge in [-0.15, -0.1) is 0 Å². The van der Waals surface area contributed by atoms with Gasteiger partial charge in [-0.1, -0.05) is 36.4 Å². The number of hydrogen-bond donors (Lipinski definition) is 3. The van der Waals surface area contributed by atoms with Gasteiger partial charge in [0.2, 0.25) is 0 Å². The van der Waals surface area contributed by atoms with Crippen molar-refractivity contribution in [2.45, 2.75) is 13.8 Å². The third-order valence-corrected chi connectivity index (χ3v) is 2.38. The van der Waals surface area contributed by atoms with Crippen molar-refractivity contribution in [2.24, 2.45) is 0 Å². The van der Waals surface area contributed by atoms with Crippen LogP contribution in [0.1, 0.15) is 11.1 Å². The molecule has 2 aromatic rings. The number of nitrogen functional groups attached to an aromatic ring is 2. The SMILES string of the molecule is CS(=O)(=O)O.Cc1ccccc1N.Cc1ccccc1N. The van der Waals surface area contributed by atoms with Gasteiger partial charge in [-0.25, -0.2) is 0 Å². The molecule has 0 aliphatic carbocycles. The molecule has 5 N–H and O–H groups in total. The van der Waals surface area contributed by atoms with E-state index in [1.54, 1.807) is 0 Å². The van der Waals surface area contributed by atoms with Crippen LogP contribution in [0.5, 0.6) is 0 Å². The summed E-state index contributed by atoms with van der Waals surface area (Å²) >= 11 is 0. The molecule has 0 aliphatic rings. The average Bonchev–Trinajstić information content (AvgIpc) is 2.35. The summed E-state index contributed by atoms with van der Waals surface area (Å²) in [5.41, 5.74) is 15.1. The minimum absolute atomic E-state index is 0.715. The van der Waals surface area contributed by atoms with Gasteiger partial charge in [-0.2, -0.15) is 8.42 Å². The summed E-state index contributed by atoms with van der Waals surface area (Å²) < 4.78 is 25.9. The molecule has 0 bridgehead atoms. The maximum Gasteiger partial charge on any atom is 0.261 e. The van der Waals surface area contributed by atoms with Crippen molar-refractivity contribution < 1.29 is 13.0 Å². The molecule has 0 amide bonds. The predicted octanol–water partition coefficient (Wildman–Crippen LogP) is 2.66. The van der Waals surface area contributed by atoms with Gasteiger partial charge in [0.25, 0.3) is 10.1 Å². The second kappa shape index (κ2) is 8.99.